The van der Waals surface area contributed by atoms with Crippen LogP contribution in [0.2, 0.25) is 5.02 Å². The van der Waals surface area contributed by atoms with Crippen molar-refractivity contribution in [2.24, 2.45) is 0 Å². The zero-order valence-corrected chi connectivity index (χ0v) is 15.3. The number of halogens is 1. The number of aromatic nitrogens is 2. The maximum absolute atomic E-state index is 12.2. The van der Waals surface area contributed by atoms with Crippen molar-refractivity contribution in [1.82, 2.24) is 20.4 Å². The minimum absolute atomic E-state index is 0.152. The van der Waals surface area contributed by atoms with Gasteiger partial charge in [0.1, 0.15) is 5.69 Å². The van der Waals surface area contributed by atoms with Crippen LogP contribution in [0, 0.1) is 6.92 Å². The number of rotatable bonds is 5. The Bertz CT molecular complexity index is 799. The molecule has 1 aliphatic heterocycles. The van der Waals surface area contributed by atoms with Gasteiger partial charge in [-0.25, -0.2) is 0 Å². The molecule has 3 N–H and O–H groups in total. The molecule has 0 aliphatic carbocycles. The number of aryl methyl sites for hydroxylation is 1. The van der Waals surface area contributed by atoms with Crippen molar-refractivity contribution in [2.45, 2.75) is 25.8 Å². The van der Waals surface area contributed by atoms with Crippen molar-refractivity contribution >= 4 is 29.1 Å². The lowest BCUT2D eigenvalue weighted by atomic mass is 10.1. The number of nitrogens with zero attached hydrogens (tertiary/aromatic N) is 2. The Morgan fingerprint density at radius 3 is 2.96 bits per heavy atom. The van der Waals surface area contributed by atoms with Crippen molar-refractivity contribution in [3.8, 4) is 0 Å². The summed E-state index contributed by atoms with van der Waals surface area (Å²) < 4.78 is 1.81. The van der Waals surface area contributed by atoms with Crippen LogP contribution >= 0.6 is 11.6 Å². The molecule has 0 bridgehead atoms. The lowest BCUT2D eigenvalue weighted by Crippen LogP contribution is -2.34. The van der Waals surface area contributed by atoms with Crippen LogP contribution in [0.25, 0.3) is 0 Å². The lowest BCUT2D eigenvalue weighted by Gasteiger charge is -2.22. The summed E-state index contributed by atoms with van der Waals surface area (Å²) in [6.45, 7) is 3.63. The molecule has 8 heteroatoms. The van der Waals surface area contributed by atoms with Crippen LogP contribution in [0.15, 0.2) is 30.5 Å². The summed E-state index contributed by atoms with van der Waals surface area (Å²) in [4.78, 5) is 24.2. The van der Waals surface area contributed by atoms with Crippen LogP contribution in [0.1, 0.15) is 34.9 Å². The van der Waals surface area contributed by atoms with E-state index in [1.807, 2.05) is 17.7 Å². The molecule has 1 saturated heterocycles. The summed E-state index contributed by atoms with van der Waals surface area (Å²) in [7, 11) is 0. The predicted molar refractivity (Wildman–Crippen MR) is 101 cm³/mol. The van der Waals surface area contributed by atoms with Gasteiger partial charge in [0.05, 0.1) is 23.3 Å². The molecule has 1 aromatic carbocycles. The van der Waals surface area contributed by atoms with Crippen molar-refractivity contribution in [3.05, 3.63) is 46.7 Å². The van der Waals surface area contributed by atoms with E-state index in [4.69, 9.17) is 11.6 Å². The Morgan fingerprint density at radius 2 is 2.23 bits per heavy atom. The summed E-state index contributed by atoms with van der Waals surface area (Å²) in [6, 6.07) is 7.28. The minimum atomic E-state index is -0.377. The van der Waals surface area contributed by atoms with E-state index in [-0.39, 0.29) is 24.4 Å². The first-order chi connectivity index (χ1) is 12.5. The smallest absolute Gasteiger partial charge is 0.272 e. The molecular weight excluding hydrogens is 354 g/mol. The minimum Gasteiger partial charge on any atom is -0.342 e. The summed E-state index contributed by atoms with van der Waals surface area (Å²) in [6.07, 6.45) is 3.93. The highest BCUT2D eigenvalue weighted by atomic mass is 35.5. The first-order valence-corrected chi connectivity index (χ1v) is 9.01. The highest BCUT2D eigenvalue weighted by Crippen LogP contribution is 2.22. The number of amides is 2. The van der Waals surface area contributed by atoms with Gasteiger partial charge in [0.15, 0.2) is 0 Å². The molecule has 2 aromatic rings. The second kappa shape index (κ2) is 8.33. The SMILES string of the molecule is Cc1ccc(NC(=O)CNC(=O)c2ccn(C3CCCNC3)n2)c(Cl)c1. The van der Waals surface area contributed by atoms with Crippen molar-refractivity contribution in [1.29, 1.82) is 0 Å². The topological polar surface area (TPSA) is 88.0 Å². The Hall–Kier alpha value is -2.38. The molecule has 138 valence electrons. The van der Waals surface area contributed by atoms with Crippen LogP contribution in [0.5, 0.6) is 0 Å². The van der Waals surface area contributed by atoms with Gasteiger partial charge in [-0.1, -0.05) is 17.7 Å². The third-order valence-electron chi connectivity index (χ3n) is 4.29. The Kier molecular flexibility index (Phi) is 5.90. The molecule has 0 spiro atoms. The normalized spacial score (nSPS) is 16.9. The van der Waals surface area contributed by atoms with E-state index in [2.05, 4.69) is 21.0 Å². The second-order valence-electron chi connectivity index (χ2n) is 6.40. The second-order valence-corrected chi connectivity index (χ2v) is 6.80. The Morgan fingerprint density at radius 1 is 1.38 bits per heavy atom. The average Bonchev–Trinajstić information content (AvgIpc) is 3.13. The standard InChI is InChI=1S/C18H22ClN5O2/c1-12-4-5-15(14(19)9-12)22-17(25)11-21-18(26)16-6-8-24(23-16)13-3-2-7-20-10-13/h4-6,8-9,13,20H,2-3,7,10-11H2,1H3,(H,21,26)(H,22,25). The number of carbonyl (C=O) groups is 2. The zero-order chi connectivity index (χ0) is 18.5. The largest absolute Gasteiger partial charge is 0.342 e. The predicted octanol–water partition coefficient (Wildman–Crippen LogP) is 2.14. The van der Waals surface area contributed by atoms with Gasteiger partial charge < -0.3 is 16.0 Å². The van der Waals surface area contributed by atoms with Gasteiger partial charge in [-0.3, -0.25) is 14.3 Å². The number of carbonyl (C=O) groups excluding carboxylic acids is 2. The van der Waals surface area contributed by atoms with E-state index in [1.165, 1.54) is 0 Å². The highest BCUT2D eigenvalue weighted by molar-refractivity contribution is 6.33. The highest BCUT2D eigenvalue weighted by Gasteiger charge is 2.18. The van der Waals surface area contributed by atoms with Crippen molar-refractivity contribution < 1.29 is 9.59 Å². The van der Waals surface area contributed by atoms with E-state index >= 15 is 0 Å². The molecule has 1 aromatic heterocycles. The lowest BCUT2D eigenvalue weighted by molar-refractivity contribution is -0.115. The maximum Gasteiger partial charge on any atom is 0.272 e. The number of hydrogen-bond donors (Lipinski definition) is 3. The van der Waals surface area contributed by atoms with Crippen molar-refractivity contribution in [3.63, 3.8) is 0 Å². The van der Waals surface area contributed by atoms with Gasteiger partial charge in [-0.05, 0) is 50.1 Å². The summed E-state index contributed by atoms with van der Waals surface area (Å²) in [5.41, 5.74) is 1.83. The van der Waals surface area contributed by atoms with E-state index in [0.29, 0.717) is 16.4 Å². The molecular formula is C18H22ClN5O2. The maximum atomic E-state index is 12.2. The van der Waals surface area contributed by atoms with Gasteiger partial charge >= 0.3 is 0 Å². The molecule has 7 nitrogen and oxygen atoms in total. The fourth-order valence-electron chi connectivity index (χ4n) is 2.89. The first kappa shape index (κ1) is 18.4. The Balaban J connectivity index is 1.52. The number of piperidine rings is 1. The Labute approximate surface area is 157 Å². The fraction of sp³-hybridized carbons (Fsp3) is 0.389. The molecule has 0 saturated carbocycles. The quantitative estimate of drug-likeness (QED) is 0.747. The zero-order valence-electron chi connectivity index (χ0n) is 14.6. The molecule has 1 aliphatic rings. The molecule has 2 amide bonds. The van der Waals surface area contributed by atoms with E-state index in [9.17, 15) is 9.59 Å². The van der Waals surface area contributed by atoms with Crippen LogP contribution < -0.4 is 16.0 Å². The number of nitrogens with one attached hydrogen (secondary N) is 3. The van der Waals surface area contributed by atoms with Crippen LogP contribution in [-0.4, -0.2) is 41.2 Å². The van der Waals surface area contributed by atoms with Crippen molar-refractivity contribution in [2.75, 3.05) is 25.0 Å². The third kappa shape index (κ3) is 4.62. The van der Waals surface area contributed by atoms with Gasteiger partial charge in [0, 0.05) is 12.7 Å². The summed E-state index contributed by atoms with van der Waals surface area (Å²) in [5, 5.41) is 13.4. The van der Waals surface area contributed by atoms with E-state index in [1.54, 1.807) is 24.4 Å². The van der Waals surface area contributed by atoms with E-state index in [0.717, 1.165) is 31.5 Å². The van der Waals surface area contributed by atoms with Crippen LogP contribution in [-0.2, 0) is 4.79 Å². The van der Waals surface area contributed by atoms with Gasteiger partial charge in [0.25, 0.3) is 5.91 Å². The van der Waals surface area contributed by atoms with Gasteiger partial charge in [-0.15, -0.1) is 0 Å². The molecule has 1 unspecified atom stereocenters. The third-order valence-corrected chi connectivity index (χ3v) is 4.61. The molecule has 26 heavy (non-hydrogen) atoms. The van der Waals surface area contributed by atoms with Gasteiger partial charge in [0.2, 0.25) is 5.91 Å². The monoisotopic (exact) mass is 375 g/mol. The number of hydrogen-bond acceptors (Lipinski definition) is 4. The van der Waals surface area contributed by atoms with Crippen LogP contribution in [0.3, 0.4) is 0 Å². The molecule has 1 fully saturated rings. The van der Waals surface area contributed by atoms with Gasteiger partial charge in [-0.2, -0.15) is 5.10 Å². The molecule has 0 radical (unpaired) electrons. The molecule has 1 atom stereocenters. The van der Waals surface area contributed by atoms with E-state index < -0.39 is 0 Å². The summed E-state index contributed by atoms with van der Waals surface area (Å²) in [5.74, 6) is -0.724. The first-order valence-electron chi connectivity index (χ1n) is 8.63. The number of anilines is 1. The van der Waals surface area contributed by atoms with Crippen LogP contribution in [0.4, 0.5) is 5.69 Å². The molecule has 2 heterocycles. The molecule has 3 rings (SSSR count). The number of benzene rings is 1. The average molecular weight is 376 g/mol. The fourth-order valence-corrected chi connectivity index (χ4v) is 3.17. The summed E-state index contributed by atoms with van der Waals surface area (Å²) >= 11 is 6.09.